The molecule has 0 spiro atoms. The molecule has 0 radical (unpaired) electrons. The Bertz CT molecular complexity index is 389. The van der Waals surface area contributed by atoms with Crippen molar-refractivity contribution in [3.8, 4) is 0 Å². The van der Waals surface area contributed by atoms with Crippen molar-refractivity contribution in [1.82, 2.24) is 5.32 Å². The minimum Gasteiger partial charge on any atom is -0.376 e. The molecular weight excluding hydrogens is 210 g/mol. The quantitative estimate of drug-likeness (QED) is 0.866. The summed E-state index contributed by atoms with van der Waals surface area (Å²) in [5.41, 5.74) is 4.12. The first-order valence-corrected chi connectivity index (χ1v) is 6.50. The van der Waals surface area contributed by atoms with E-state index in [1.807, 2.05) is 7.05 Å². The zero-order chi connectivity index (χ0) is 12.4. The van der Waals surface area contributed by atoms with Crippen LogP contribution in [0.2, 0.25) is 0 Å². The van der Waals surface area contributed by atoms with Crippen molar-refractivity contribution >= 4 is 0 Å². The van der Waals surface area contributed by atoms with E-state index in [4.69, 9.17) is 4.74 Å². The standard InChI is InChI=1S/C15H23NO/c1-10-6-5-7-13(12(10)3)14(16-4)15-11(2)8-9-17-15/h5-7,11,14-16H,8-9H2,1-4H3. The first-order valence-electron chi connectivity index (χ1n) is 6.50. The maximum absolute atomic E-state index is 5.91. The maximum Gasteiger partial charge on any atom is 0.0795 e. The summed E-state index contributed by atoms with van der Waals surface area (Å²) in [7, 11) is 2.03. The summed E-state index contributed by atoms with van der Waals surface area (Å²) in [6.07, 6.45) is 1.48. The van der Waals surface area contributed by atoms with Gasteiger partial charge in [-0.15, -0.1) is 0 Å². The van der Waals surface area contributed by atoms with Crippen molar-refractivity contribution in [3.63, 3.8) is 0 Å². The van der Waals surface area contributed by atoms with Gasteiger partial charge in [0.05, 0.1) is 12.1 Å². The first kappa shape index (κ1) is 12.6. The molecule has 3 unspecified atom stereocenters. The Kier molecular flexibility index (Phi) is 3.85. The molecule has 1 heterocycles. The second kappa shape index (κ2) is 5.19. The smallest absolute Gasteiger partial charge is 0.0795 e. The fourth-order valence-corrected chi connectivity index (χ4v) is 2.75. The molecule has 2 nitrogen and oxygen atoms in total. The number of nitrogens with one attached hydrogen (secondary N) is 1. The minimum atomic E-state index is 0.306. The van der Waals surface area contributed by atoms with Crippen LogP contribution in [0.4, 0.5) is 0 Å². The van der Waals surface area contributed by atoms with Crippen LogP contribution in [-0.4, -0.2) is 19.8 Å². The van der Waals surface area contributed by atoms with E-state index in [1.165, 1.54) is 23.1 Å². The summed E-state index contributed by atoms with van der Waals surface area (Å²) in [4.78, 5) is 0. The molecule has 1 aliphatic heterocycles. The van der Waals surface area contributed by atoms with Crippen molar-refractivity contribution in [2.45, 2.75) is 39.3 Å². The van der Waals surface area contributed by atoms with Gasteiger partial charge in [0.2, 0.25) is 0 Å². The van der Waals surface area contributed by atoms with Gasteiger partial charge in [-0.3, -0.25) is 0 Å². The van der Waals surface area contributed by atoms with Gasteiger partial charge in [0.1, 0.15) is 0 Å². The first-order chi connectivity index (χ1) is 8.15. The molecule has 3 atom stereocenters. The van der Waals surface area contributed by atoms with Crippen LogP contribution in [0.15, 0.2) is 18.2 Å². The summed E-state index contributed by atoms with van der Waals surface area (Å²) in [5, 5.41) is 3.43. The second-order valence-electron chi connectivity index (χ2n) is 5.16. The van der Waals surface area contributed by atoms with E-state index in [2.05, 4.69) is 44.3 Å². The largest absolute Gasteiger partial charge is 0.376 e. The summed E-state index contributed by atoms with van der Waals surface area (Å²) in [5.74, 6) is 0.632. The Morgan fingerprint density at radius 1 is 1.35 bits per heavy atom. The molecule has 1 aromatic carbocycles. The molecule has 1 fully saturated rings. The molecule has 0 aromatic heterocycles. The Morgan fingerprint density at radius 3 is 2.71 bits per heavy atom. The molecule has 0 amide bonds. The molecule has 1 saturated heterocycles. The van der Waals surface area contributed by atoms with Gasteiger partial charge >= 0.3 is 0 Å². The molecule has 2 heteroatoms. The van der Waals surface area contributed by atoms with Crippen molar-refractivity contribution in [2.75, 3.05) is 13.7 Å². The lowest BCUT2D eigenvalue weighted by Gasteiger charge is -2.28. The molecule has 0 saturated carbocycles. The number of ether oxygens (including phenoxy) is 1. The molecule has 0 bridgehead atoms. The SMILES string of the molecule is CNC(c1cccc(C)c1C)C1OCCC1C. The third-order valence-corrected chi connectivity index (χ3v) is 4.07. The molecule has 2 rings (SSSR count). The number of aryl methyl sites for hydroxylation is 1. The predicted octanol–water partition coefficient (Wildman–Crippen LogP) is 2.99. The number of likely N-dealkylation sites (N-methyl/N-ethyl adjacent to an activating group) is 1. The second-order valence-corrected chi connectivity index (χ2v) is 5.16. The normalized spacial score (nSPS) is 26.1. The van der Waals surface area contributed by atoms with E-state index < -0.39 is 0 Å². The fraction of sp³-hybridized carbons (Fsp3) is 0.600. The van der Waals surface area contributed by atoms with Gasteiger partial charge in [0, 0.05) is 6.61 Å². The van der Waals surface area contributed by atoms with E-state index in [0.717, 1.165) is 6.61 Å². The van der Waals surface area contributed by atoms with Crippen LogP contribution in [0.3, 0.4) is 0 Å². The molecule has 0 aliphatic carbocycles. The Balaban J connectivity index is 2.31. The van der Waals surface area contributed by atoms with Gasteiger partial charge in [-0.1, -0.05) is 25.1 Å². The molecular formula is C15H23NO. The van der Waals surface area contributed by atoms with E-state index in [0.29, 0.717) is 18.1 Å². The van der Waals surface area contributed by atoms with Gasteiger partial charge in [-0.25, -0.2) is 0 Å². The minimum absolute atomic E-state index is 0.306. The zero-order valence-electron chi connectivity index (χ0n) is 11.3. The van der Waals surface area contributed by atoms with Crippen LogP contribution in [0.5, 0.6) is 0 Å². The van der Waals surface area contributed by atoms with Crippen molar-refractivity contribution in [2.24, 2.45) is 5.92 Å². The third-order valence-electron chi connectivity index (χ3n) is 4.07. The Labute approximate surface area is 104 Å². The van der Waals surface area contributed by atoms with Crippen molar-refractivity contribution in [1.29, 1.82) is 0 Å². The Hall–Kier alpha value is -0.860. The number of hydrogen-bond donors (Lipinski definition) is 1. The van der Waals surface area contributed by atoms with Crippen LogP contribution in [-0.2, 0) is 4.74 Å². The lowest BCUT2D eigenvalue weighted by atomic mass is 9.89. The molecule has 17 heavy (non-hydrogen) atoms. The summed E-state index contributed by atoms with van der Waals surface area (Å²) >= 11 is 0. The lowest BCUT2D eigenvalue weighted by Crippen LogP contribution is -2.33. The van der Waals surface area contributed by atoms with Crippen LogP contribution >= 0.6 is 0 Å². The summed E-state index contributed by atoms with van der Waals surface area (Å²) < 4.78 is 5.91. The maximum atomic E-state index is 5.91. The highest BCUT2D eigenvalue weighted by atomic mass is 16.5. The Morgan fingerprint density at radius 2 is 2.12 bits per heavy atom. The van der Waals surface area contributed by atoms with Gasteiger partial charge in [-0.2, -0.15) is 0 Å². The van der Waals surface area contributed by atoms with Crippen LogP contribution in [0.25, 0.3) is 0 Å². The monoisotopic (exact) mass is 233 g/mol. The third kappa shape index (κ3) is 2.38. The van der Waals surface area contributed by atoms with Crippen LogP contribution in [0, 0.1) is 19.8 Å². The van der Waals surface area contributed by atoms with Crippen molar-refractivity contribution < 1.29 is 4.74 Å². The highest BCUT2D eigenvalue weighted by Crippen LogP contribution is 2.33. The number of benzene rings is 1. The van der Waals surface area contributed by atoms with Crippen LogP contribution < -0.4 is 5.32 Å². The zero-order valence-corrected chi connectivity index (χ0v) is 11.3. The topological polar surface area (TPSA) is 21.3 Å². The molecule has 1 aliphatic rings. The molecule has 1 N–H and O–H groups in total. The van der Waals surface area contributed by atoms with E-state index >= 15 is 0 Å². The van der Waals surface area contributed by atoms with Gasteiger partial charge in [-0.05, 0) is 49.9 Å². The van der Waals surface area contributed by atoms with Gasteiger partial charge < -0.3 is 10.1 Å². The van der Waals surface area contributed by atoms with Crippen LogP contribution in [0.1, 0.15) is 36.1 Å². The predicted molar refractivity (Wildman–Crippen MR) is 71.2 cm³/mol. The highest BCUT2D eigenvalue weighted by Gasteiger charge is 2.32. The average molecular weight is 233 g/mol. The van der Waals surface area contributed by atoms with E-state index in [-0.39, 0.29) is 0 Å². The fourth-order valence-electron chi connectivity index (χ4n) is 2.75. The number of rotatable bonds is 3. The van der Waals surface area contributed by atoms with Gasteiger partial charge in [0.25, 0.3) is 0 Å². The number of hydrogen-bond acceptors (Lipinski definition) is 2. The van der Waals surface area contributed by atoms with E-state index in [1.54, 1.807) is 0 Å². The highest BCUT2D eigenvalue weighted by molar-refractivity contribution is 5.36. The molecule has 94 valence electrons. The summed E-state index contributed by atoms with van der Waals surface area (Å²) in [6.45, 7) is 7.56. The lowest BCUT2D eigenvalue weighted by molar-refractivity contribution is 0.0629. The average Bonchev–Trinajstić information content (AvgIpc) is 2.72. The summed E-state index contributed by atoms with van der Waals surface area (Å²) in [6, 6.07) is 6.84. The molecule has 1 aromatic rings. The van der Waals surface area contributed by atoms with E-state index in [9.17, 15) is 0 Å². The van der Waals surface area contributed by atoms with Crippen molar-refractivity contribution in [3.05, 3.63) is 34.9 Å². The van der Waals surface area contributed by atoms with Gasteiger partial charge in [0.15, 0.2) is 0 Å².